The summed E-state index contributed by atoms with van der Waals surface area (Å²) < 4.78 is 41.2. The van der Waals surface area contributed by atoms with Crippen LogP contribution in [-0.2, 0) is 16.1 Å². The normalized spacial score (nSPS) is 23.0. The first-order valence-electron chi connectivity index (χ1n) is 8.52. The highest BCUT2D eigenvalue weighted by Gasteiger charge is 2.49. The minimum absolute atomic E-state index is 0.0766. The molecule has 1 fully saturated rings. The quantitative estimate of drug-likeness (QED) is 0.801. The summed E-state index contributed by atoms with van der Waals surface area (Å²) in [6, 6.07) is 8.70. The van der Waals surface area contributed by atoms with Crippen molar-refractivity contribution in [2.24, 2.45) is 0 Å². The van der Waals surface area contributed by atoms with Crippen LogP contribution in [0.3, 0.4) is 0 Å². The molecule has 1 aliphatic heterocycles. The number of rotatable bonds is 3. The predicted octanol–water partition coefficient (Wildman–Crippen LogP) is 4.75. The molecule has 1 aromatic carbocycles. The number of carbonyl (C=O) groups is 1. The van der Waals surface area contributed by atoms with E-state index in [1.165, 1.54) is 42.3 Å². The van der Waals surface area contributed by atoms with Crippen LogP contribution < -0.4 is 0 Å². The number of amides is 1. The molecule has 0 saturated carbocycles. The van der Waals surface area contributed by atoms with Crippen molar-refractivity contribution in [1.82, 2.24) is 4.90 Å². The number of likely N-dealkylation sites (N-methyl/N-ethyl adjacent to an activating group) is 1. The summed E-state index contributed by atoms with van der Waals surface area (Å²) in [7, 11) is 1.49. The Kier molecular flexibility index (Phi) is 4.84. The lowest BCUT2D eigenvalue weighted by Gasteiger charge is -2.44. The van der Waals surface area contributed by atoms with Gasteiger partial charge >= 0.3 is 0 Å². The maximum absolute atomic E-state index is 14.1. The first-order valence-corrected chi connectivity index (χ1v) is 9.34. The Labute approximate surface area is 164 Å². The van der Waals surface area contributed by atoms with Gasteiger partial charge in [0.15, 0.2) is 5.13 Å². The topological polar surface area (TPSA) is 68.0 Å². The van der Waals surface area contributed by atoms with Gasteiger partial charge in [0.1, 0.15) is 11.9 Å². The van der Waals surface area contributed by atoms with Gasteiger partial charge in [0.05, 0.1) is 11.5 Å². The molecule has 0 aliphatic carbocycles. The number of alkyl halides is 2. The predicted molar refractivity (Wildman–Crippen MR) is 100 cm³/mol. The van der Waals surface area contributed by atoms with Gasteiger partial charge in [-0.3, -0.25) is 10.2 Å². The van der Waals surface area contributed by atoms with Gasteiger partial charge in [0.2, 0.25) is 5.91 Å². The number of benzene rings is 1. The standard InChI is InChI=1S/C20H18F3N3OS/c1-19(14-8-12(10-24)17(21)28-14)9-15(25)26(3)18(27)16(19)11-4-6-13(7-5-11)20(2,22)23/h4-8,16,25H,9H2,1-3H3/t16?,19-/m1/s1. The van der Waals surface area contributed by atoms with Crippen LogP contribution >= 0.6 is 11.3 Å². The fourth-order valence-electron chi connectivity index (χ4n) is 3.60. The molecule has 1 amide bonds. The third-order valence-corrected chi connectivity index (χ3v) is 6.48. The number of halogens is 3. The molecule has 0 bridgehead atoms. The lowest BCUT2D eigenvalue weighted by atomic mass is 9.67. The minimum Gasteiger partial charge on any atom is -0.303 e. The smallest absolute Gasteiger partial charge is 0.270 e. The Morgan fingerprint density at radius 2 is 1.96 bits per heavy atom. The molecule has 1 saturated heterocycles. The second kappa shape index (κ2) is 6.74. The van der Waals surface area contributed by atoms with Gasteiger partial charge in [0.25, 0.3) is 5.92 Å². The number of thiophene rings is 1. The van der Waals surface area contributed by atoms with E-state index in [0.717, 1.165) is 18.3 Å². The zero-order valence-corrected chi connectivity index (χ0v) is 16.3. The zero-order chi connectivity index (χ0) is 20.9. The highest BCUT2D eigenvalue weighted by atomic mass is 32.1. The SMILES string of the molecule is CN1C(=N)C[C@](C)(c2cc(C#N)c(F)s2)C(c2ccc(C(C)(F)F)cc2)C1=O. The number of nitrogens with one attached hydrogen (secondary N) is 1. The van der Waals surface area contributed by atoms with E-state index in [4.69, 9.17) is 10.7 Å². The van der Waals surface area contributed by atoms with Crippen LogP contribution in [0.2, 0.25) is 0 Å². The average molecular weight is 405 g/mol. The number of likely N-dealkylation sites (tertiary alicyclic amines) is 1. The van der Waals surface area contributed by atoms with Gasteiger partial charge in [-0.25, -0.2) is 8.78 Å². The van der Waals surface area contributed by atoms with Crippen molar-refractivity contribution >= 4 is 23.1 Å². The van der Waals surface area contributed by atoms with Crippen molar-refractivity contribution in [2.45, 2.75) is 37.5 Å². The van der Waals surface area contributed by atoms with Crippen molar-refractivity contribution in [1.29, 1.82) is 10.7 Å². The van der Waals surface area contributed by atoms with Crippen LogP contribution in [-0.4, -0.2) is 23.7 Å². The molecular weight excluding hydrogens is 387 g/mol. The Bertz CT molecular complexity index is 988. The number of nitriles is 1. The van der Waals surface area contributed by atoms with Crippen molar-refractivity contribution < 1.29 is 18.0 Å². The molecule has 2 aromatic rings. The van der Waals surface area contributed by atoms with Crippen molar-refractivity contribution in [2.75, 3.05) is 7.05 Å². The molecular formula is C20H18F3N3OS. The Morgan fingerprint density at radius 1 is 1.36 bits per heavy atom. The summed E-state index contributed by atoms with van der Waals surface area (Å²) in [5, 5.41) is 16.6. The number of hydrogen-bond donors (Lipinski definition) is 1. The fraction of sp³-hybridized carbons (Fsp3) is 0.350. The summed E-state index contributed by atoms with van der Waals surface area (Å²) in [4.78, 5) is 14.8. The molecule has 0 spiro atoms. The molecule has 1 N–H and O–H groups in total. The van der Waals surface area contributed by atoms with Gasteiger partial charge in [-0.1, -0.05) is 31.2 Å². The second-order valence-corrected chi connectivity index (χ2v) is 8.29. The number of nitrogens with zero attached hydrogens (tertiary/aromatic N) is 2. The molecule has 1 aromatic heterocycles. The Balaban J connectivity index is 2.14. The van der Waals surface area contributed by atoms with E-state index < -0.39 is 22.4 Å². The monoisotopic (exact) mass is 405 g/mol. The van der Waals surface area contributed by atoms with E-state index in [9.17, 15) is 18.0 Å². The van der Waals surface area contributed by atoms with Crippen LogP contribution in [0, 0.1) is 21.9 Å². The molecule has 3 rings (SSSR count). The molecule has 2 atom stereocenters. The summed E-state index contributed by atoms with van der Waals surface area (Å²) in [6.45, 7) is 2.54. The maximum atomic E-state index is 14.1. The summed E-state index contributed by atoms with van der Waals surface area (Å²) >= 11 is 0.779. The number of hydrogen-bond acceptors (Lipinski definition) is 4. The molecule has 28 heavy (non-hydrogen) atoms. The second-order valence-electron chi connectivity index (χ2n) is 7.29. The molecule has 1 unspecified atom stereocenters. The van der Waals surface area contributed by atoms with Crippen LogP contribution in [0.4, 0.5) is 13.2 Å². The zero-order valence-electron chi connectivity index (χ0n) is 15.5. The lowest BCUT2D eigenvalue weighted by Crippen LogP contribution is -2.51. The maximum Gasteiger partial charge on any atom is 0.270 e. The van der Waals surface area contributed by atoms with Crippen molar-refractivity contribution in [3.8, 4) is 6.07 Å². The Hall–Kier alpha value is -2.66. The highest BCUT2D eigenvalue weighted by Crippen LogP contribution is 2.48. The van der Waals surface area contributed by atoms with Gasteiger partial charge in [-0.2, -0.15) is 9.65 Å². The van der Waals surface area contributed by atoms with Gasteiger partial charge in [-0.05, 0) is 11.6 Å². The summed E-state index contributed by atoms with van der Waals surface area (Å²) in [6.07, 6.45) is 0.149. The molecule has 1 aliphatic rings. The molecule has 0 radical (unpaired) electrons. The largest absolute Gasteiger partial charge is 0.303 e. The van der Waals surface area contributed by atoms with E-state index in [-0.39, 0.29) is 29.3 Å². The number of carbonyl (C=O) groups excluding carboxylic acids is 1. The molecule has 2 heterocycles. The van der Waals surface area contributed by atoms with Crippen LogP contribution in [0.25, 0.3) is 0 Å². The third kappa shape index (κ3) is 3.20. The number of amidine groups is 1. The van der Waals surface area contributed by atoms with Crippen molar-refractivity contribution in [3.05, 3.63) is 57.0 Å². The molecule has 8 heteroatoms. The van der Waals surface area contributed by atoms with Crippen LogP contribution in [0.15, 0.2) is 30.3 Å². The first-order chi connectivity index (χ1) is 13.0. The average Bonchev–Trinajstić information content (AvgIpc) is 3.01. The summed E-state index contributed by atoms with van der Waals surface area (Å²) in [5.74, 6) is -4.10. The first kappa shape index (κ1) is 20.1. The Morgan fingerprint density at radius 3 is 2.46 bits per heavy atom. The van der Waals surface area contributed by atoms with E-state index in [1.54, 1.807) is 13.0 Å². The van der Waals surface area contributed by atoms with E-state index in [2.05, 4.69) is 0 Å². The lowest BCUT2D eigenvalue weighted by molar-refractivity contribution is -0.131. The molecule has 146 valence electrons. The van der Waals surface area contributed by atoms with Crippen LogP contribution in [0.5, 0.6) is 0 Å². The molecule has 4 nitrogen and oxygen atoms in total. The number of piperidine rings is 1. The minimum atomic E-state index is -3.00. The van der Waals surface area contributed by atoms with E-state index >= 15 is 0 Å². The third-order valence-electron chi connectivity index (χ3n) is 5.28. The van der Waals surface area contributed by atoms with Gasteiger partial charge < -0.3 is 4.90 Å². The van der Waals surface area contributed by atoms with Gasteiger partial charge in [-0.15, -0.1) is 11.3 Å². The van der Waals surface area contributed by atoms with Crippen molar-refractivity contribution in [3.63, 3.8) is 0 Å². The summed E-state index contributed by atoms with van der Waals surface area (Å²) in [5.41, 5.74) is -0.750. The van der Waals surface area contributed by atoms with Gasteiger partial charge in [0, 0.05) is 36.2 Å². The van der Waals surface area contributed by atoms with Crippen LogP contribution in [0.1, 0.15) is 47.8 Å². The highest BCUT2D eigenvalue weighted by molar-refractivity contribution is 7.10. The van der Waals surface area contributed by atoms with E-state index in [1.807, 2.05) is 0 Å². The fourth-order valence-corrected chi connectivity index (χ4v) is 4.61. The van der Waals surface area contributed by atoms with E-state index in [0.29, 0.717) is 10.4 Å².